The van der Waals surface area contributed by atoms with Crippen molar-refractivity contribution < 1.29 is 4.74 Å². The van der Waals surface area contributed by atoms with Crippen LogP contribution in [0.2, 0.25) is 0 Å². The number of likely N-dealkylation sites (N-methyl/N-ethyl adjacent to an activating group) is 2. The van der Waals surface area contributed by atoms with Gasteiger partial charge in [0.05, 0.1) is 12.7 Å². The third-order valence-corrected chi connectivity index (χ3v) is 5.03. The molecule has 4 heteroatoms. The maximum Gasteiger partial charge on any atom is 0.0861 e. The highest BCUT2D eigenvalue weighted by atomic mass is 16.5. The average Bonchev–Trinajstić information content (AvgIpc) is 2.56. The Balaban J connectivity index is 1.80. The van der Waals surface area contributed by atoms with E-state index in [4.69, 9.17) is 9.72 Å². The quantitative estimate of drug-likeness (QED) is 0.917. The van der Waals surface area contributed by atoms with Gasteiger partial charge in [-0.2, -0.15) is 0 Å². The molecule has 3 rings (SSSR count). The Hall–Kier alpha value is -0.970. The molecule has 1 fully saturated rings. The molecule has 1 aromatic heterocycles. The highest BCUT2D eigenvalue weighted by Crippen LogP contribution is 2.34. The van der Waals surface area contributed by atoms with E-state index in [1.165, 1.54) is 30.5 Å². The van der Waals surface area contributed by atoms with Crippen molar-refractivity contribution in [3.63, 3.8) is 0 Å². The first-order chi connectivity index (χ1) is 10.3. The van der Waals surface area contributed by atoms with Crippen LogP contribution in [0.1, 0.15) is 36.9 Å². The third-order valence-electron chi connectivity index (χ3n) is 5.03. The Bertz CT molecular complexity index is 465. The topological polar surface area (TPSA) is 37.4 Å². The van der Waals surface area contributed by atoms with Gasteiger partial charge in [0, 0.05) is 36.9 Å². The van der Waals surface area contributed by atoms with Crippen LogP contribution in [0.3, 0.4) is 0 Å². The second-order valence-electron chi connectivity index (χ2n) is 6.16. The summed E-state index contributed by atoms with van der Waals surface area (Å²) >= 11 is 0. The van der Waals surface area contributed by atoms with Crippen molar-refractivity contribution in [2.24, 2.45) is 0 Å². The molecule has 3 atom stereocenters. The summed E-state index contributed by atoms with van der Waals surface area (Å²) in [6.07, 6.45) is 5.83. The fraction of sp³-hybridized carbons (Fsp3) is 0.706. The second-order valence-corrected chi connectivity index (χ2v) is 6.16. The zero-order chi connectivity index (χ0) is 14.7. The molecule has 1 N–H and O–H groups in total. The minimum atomic E-state index is 0.265. The number of morpholine rings is 1. The van der Waals surface area contributed by atoms with E-state index in [0.29, 0.717) is 12.0 Å². The number of nitrogens with one attached hydrogen (secondary N) is 1. The molecular weight excluding hydrogens is 262 g/mol. The smallest absolute Gasteiger partial charge is 0.0861 e. The zero-order valence-electron chi connectivity index (χ0n) is 13.2. The van der Waals surface area contributed by atoms with Crippen molar-refractivity contribution in [3.05, 3.63) is 29.6 Å². The first-order valence-corrected chi connectivity index (χ1v) is 8.28. The fourth-order valence-corrected chi connectivity index (χ4v) is 3.88. The molecule has 116 valence electrons. The van der Waals surface area contributed by atoms with E-state index >= 15 is 0 Å². The lowest BCUT2D eigenvalue weighted by atomic mass is 9.80. The van der Waals surface area contributed by atoms with Gasteiger partial charge in [-0.05, 0) is 44.5 Å². The number of hydrogen-bond acceptors (Lipinski definition) is 4. The Morgan fingerprint density at radius 3 is 3.24 bits per heavy atom. The summed E-state index contributed by atoms with van der Waals surface area (Å²) in [4.78, 5) is 7.18. The molecule has 21 heavy (non-hydrogen) atoms. The van der Waals surface area contributed by atoms with Crippen LogP contribution in [-0.4, -0.2) is 55.3 Å². The Morgan fingerprint density at radius 2 is 2.43 bits per heavy atom. The summed E-state index contributed by atoms with van der Waals surface area (Å²) in [5, 5.41) is 3.54. The van der Waals surface area contributed by atoms with Gasteiger partial charge in [-0.15, -0.1) is 0 Å². The van der Waals surface area contributed by atoms with E-state index in [1.54, 1.807) is 0 Å². The van der Waals surface area contributed by atoms with E-state index in [-0.39, 0.29) is 6.10 Å². The van der Waals surface area contributed by atoms with Crippen molar-refractivity contribution in [2.45, 2.75) is 44.2 Å². The maximum atomic E-state index is 6.10. The lowest BCUT2D eigenvalue weighted by Crippen LogP contribution is -2.54. The van der Waals surface area contributed by atoms with Crippen LogP contribution < -0.4 is 5.32 Å². The van der Waals surface area contributed by atoms with E-state index in [1.807, 2.05) is 6.20 Å². The first kappa shape index (κ1) is 14.9. The number of ether oxygens (including phenoxy) is 1. The van der Waals surface area contributed by atoms with Crippen LogP contribution >= 0.6 is 0 Å². The Labute approximate surface area is 127 Å². The van der Waals surface area contributed by atoms with E-state index in [0.717, 1.165) is 26.2 Å². The Morgan fingerprint density at radius 1 is 1.52 bits per heavy atom. The number of nitrogens with zero attached hydrogens (tertiary/aromatic N) is 2. The van der Waals surface area contributed by atoms with E-state index in [2.05, 4.69) is 36.3 Å². The summed E-state index contributed by atoms with van der Waals surface area (Å²) in [5.41, 5.74) is 2.72. The van der Waals surface area contributed by atoms with Crippen LogP contribution in [0.25, 0.3) is 0 Å². The highest BCUT2D eigenvalue weighted by molar-refractivity contribution is 5.27. The molecule has 3 unspecified atom stereocenters. The molecule has 1 aliphatic heterocycles. The molecule has 0 radical (unpaired) electrons. The van der Waals surface area contributed by atoms with Gasteiger partial charge < -0.3 is 10.1 Å². The van der Waals surface area contributed by atoms with Crippen molar-refractivity contribution in [1.29, 1.82) is 0 Å². The lowest BCUT2D eigenvalue weighted by Gasteiger charge is -2.40. The zero-order valence-corrected chi connectivity index (χ0v) is 13.2. The maximum absolute atomic E-state index is 6.10. The van der Waals surface area contributed by atoms with Gasteiger partial charge in [0.15, 0.2) is 0 Å². The van der Waals surface area contributed by atoms with Gasteiger partial charge in [-0.25, -0.2) is 0 Å². The third kappa shape index (κ3) is 3.12. The van der Waals surface area contributed by atoms with Crippen LogP contribution in [0.15, 0.2) is 18.3 Å². The largest absolute Gasteiger partial charge is 0.374 e. The van der Waals surface area contributed by atoms with Crippen molar-refractivity contribution >= 4 is 0 Å². The van der Waals surface area contributed by atoms with Crippen LogP contribution in [0.5, 0.6) is 0 Å². The molecule has 1 aromatic rings. The normalized spacial score (nSPS) is 28.1. The predicted molar refractivity (Wildman–Crippen MR) is 84.6 cm³/mol. The van der Waals surface area contributed by atoms with Crippen LogP contribution in [0.4, 0.5) is 0 Å². The molecule has 0 aromatic carbocycles. The summed E-state index contributed by atoms with van der Waals surface area (Å²) in [6, 6.07) is 4.65. The number of aryl methyl sites for hydroxylation is 1. The standard InChI is InChI=1S/C17H27N3O/c1-3-20-10-11-21-15(12-20)17(18-2)14-8-4-6-13-7-5-9-19-16(13)14/h5,7,9,14-15,17-18H,3-4,6,8,10-12H2,1-2H3. The fourth-order valence-electron chi connectivity index (χ4n) is 3.88. The Kier molecular flexibility index (Phi) is 4.88. The summed E-state index contributed by atoms with van der Waals surface area (Å²) in [6.45, 7) is 6.27. The molecule has 0 saturated carbocycles. The number of hydrogen-bond donors (Lipinski definition) is 1. The highest BCUT2D eigenvalue weighted by Gasteiger charge is 2.35. The molecule has 0 spiro atoms. The van der Waals surface area contributed by atoms with Crippen LogP contribution in [-0.2, 0) is 11.2 Å². The SMILES string of the molecule is CCN1CCOC(C(NC)C2CCCc3cccnc32)C1. The first-order valence-electron chi connectivity index (χ1n) is 8.28. The van der Waals surface area contributed by atoms with Gasteiger partial charge in [-0.3, -0.25) is 9.88 Å². The molecular formula is C17H27N3O. The summed E-state index contributed by atoms with van der Waals surface area (Å²) < 4.78 is 6.10. The van der Waals surface area contributed by atoms with E-state index < -0.39 is 0 Å². The monoisotopic (exact) mass is 289 g/mol. The van der Waals surface area contributed by atoms with Gasteiger partial charge in [0.1, 0.15) is 0 Å². The van der Waals surface area contributed by atoms with Gasteiger partial charge in [0.2, 0.25) is 0 Å². The summed E-state index contributed by atoms with van der Waals surface area (Å²) in [5.74, 6) is 0.474. The van der Waals surface area contributed by atoms with Crippen molar-refractivity contribution in [2.75, 3.05) is 33.3 Å². The minimum Gasteiger partial charge on any atom is -0.374 e. The molecule has 0 amide bonds. The van der Waals surface area contributed by atoms with Gasteiger partial charge >= 0.3 is 0 Å². The number of fused-ring (bicyclic) bond motifs is 1. The number of aromatic nitrogens is 1. The van der Waals surface area contributed by atoms with Gasteiger partial charge in [0.25, 0.3) is 0 Å². The second kappa shape index (κ2) is 6.86. The molecule has 0 bridgehead atoms. The number of pyridine rings is 1. The van der Waals surface area contributed by atoms with E-state index in [9.17, 15) is 0 Å². The van der Waals surface area contributed by atoms with Crippen molar-refractivity contribution in [3.8, 4) is 0 Å². The predicted octanol–water partition coefficient (Wildman–Crippen LogP) is 1.81. The minimum absolute atomic E-state index is 0.265. The molecule has 2 aliphatic rings. The molecule has 1 aliphatic carbocycles. The molecule has 2 heterocycles. The van der Waals surface area contributed by atoms with Crippen molar-refractivity contribution in [1.82, 2.24) is 15.2 Å². The van der Waals surface area contributed by atoms with Gasteiger partial charge in [-0.1, -0.05) is 13.0 Å². The molecule has 4 nitrogen and oxygen atoms in total. The number of rotatable bonds is 4. The summed E-state index contributed by atoms with van der Waals surface area (Å²) in [7, 11) is 2.07. The van der Waals surface area contributed by atoms with Crippen LogP contribution in [0, 0.1) is 0 Å². The lowest BCUT2D eigenvalue weighted by molar-refractivity contribution is -0.0493. The average molecular weight is 289 g/mol. The molecule has 1 saturated heterocycles.